The van der Waals surface area contributed by atoms with Crippen LogP contribution in [0.5, 0.6) is 0 Å². The molecule has 0 spiro atoms. The van der Waals surface area contributed by atoms with Gasteiger partial charge in [0.15, 0.2) is 5.69 Å². The molecule has 2 heterocycles. The fourth-order valence-electron chi connectivity index (χ4n) is 3.29. The molecule has 1 aromatic heterocycles. The van der Waals surface area contributed by atoms with E-state index in [1.807, 2.05) is 13.8 Å². The van der Waals surface area contributed by atoms with Gasteiger partial charge in [0.1, 0.15) is 5.76 Å². The molecule has 2 aliphatic rings. The first-order valence-electron chi connectivity index (χ1n) is 8.67. The fourth-order valence-corrected chi connectivity index (χ4v) is 5.05. The highest BCUT2D eigenvalue weighted by Crippen LogP contribution is 2.40. The van der Waals surface area contributed by atoms with Crippen molar-refractivity contribution in [3.63, 3.8) is 0 Å². The Labute approximate surface area is 142 Å². The van der Waals surface area contributed by atoms with Crippen molar-refractivity contribution in [2.75, 3.05) is 12.3 Å². The lowest BCUT2D eigenvalue weighted by Gasteiger charge is -2.36. The molecule has 1 saturated carbocycles. The third-order valence-electron chi connectivity index (χ3n) is 4.71. The number of nitrogens with zero attached hydrogens (tertiary/aromatic N) is 2. The Morgan fingerprint density at radius 3 is 2.79 bits per heavy atom. The third kappa shape index (κ3) is 3.80. The second kappa shape index (κ2) is 6.84. The zero-order valence-electron chi connectivity index (χ0n) is 14.2. The van der Waals surface area contributed by atoms with Gasteiger partial charge in [0.2, 0.25) is 10.0 Å². The first-order chi connectivity index (χ1) is 11.4. The fraction of sp³-hybridized carbons (Fsp3) is 0.750. The SMILES string of the molecule is CCCS(=O)(=O)N1CC[C@@H](NC(=O)c2cc(C3CC3)on2)C[C@H]1C. The summed E-state index contributed by atoms with van der Waals surface area (Å²) in [5, 5.41) is 6.81. The summed E-state index contributed by atoms with van der Waals surface area (Å²) in [6.07, 6.45) is 4.03. The molecule has 134 valence electrons. The minimum atomic E-state index is -3.19. The van der Waals surface area contributed by atoms with Crippen LogP contribution in [0.4, 0.5) is 0 Å². The van der Waals surface area contributed by atoms with Crippen LogP contribution in [0, 0.1) is 0 Å². The third-order valence-corrected chi connectivity index (χ3v) is 6.89. The molecule has 0 radical (unpaired) electrons. The van der Waals surface area contributed by atoms with E-state index in [1.54, 1.807) is 10.4 Å². The van der Waals surface area contributed by atoms with Crippen LogP contribution in [0.25, 0.3) is 0 Å². The highest BCUT2D eigenvalue weighted by atomic mass is 32.2. The molecule has 3 rings (SSSR count). The molecule has 1 amide bonds. The summed E-state index contributed by atoms with van der Waals surface area (Å²) in [6.45, 7) is 4.20. The number of carbonyl (C=O) groups excluding carboxylic acids is 1. The Morgan fingerprint density at radius 2 is 2.17 bits per heavy atom. The van der Waals surface area contributed by atoms with Gasteiger partial charge in [-0.3, -0.25) is 4.79 Å². The largest absolute Gasteiger partial charge is 0.360 e. The van der Waals surface area contributed by atoms with E-state index in [-0.39, 0.29) is 23.7 Å². The van der Waals surface area contributed by atoms with Gasteiger partial charge in [0.25, 0.3) is 5.91 Å². The van der Waals surface area contributed by atoms with Crippen molar-refractivity contribution in [3.05, 3.63) is 17.5 Å². The average Bonchev–Trinajstić information content (AvgIpc) is 3.24. The molecular formula is C16H25N3O4S. The Kier molecular flexibility index (Phi) is 4.96. The number of sulfonamides is 1. The Balaban J connectivity index is 1.56. The van der Waals surface area contributed by atoms with E-state index in [4.69, 9.17) is 4.52 Å². The van der Waals surface area contributed by atoms with Gasteiger partial charge in [-0.1, -0.05) is 12.1 Å². The predicted molar refractivity (Wildman–Crippen MR) is 89.2 cm³/mol. The number of amides is 1. The molecule has 1 aliphatic carbocycles. The van der Waals surface area contributed by atoms with Crippen molar-refractivity contribution < 1.29 is 17.7 Å². The number of carbonyl (C=O) groups is 1. The molecule has 24 heavy (non-hydrogen) atoms. The standard InChI is InChI=1S/C16H25N3O4S/c1-3-8-24(21,22)19-7-6-13(9-11(19)2)17-16(20)14-10-15(23-18-14)12-4-5-12/h10-13H,3-9H2,1-2H3,(H,17,20)/t11-,13-/m1/s1. The van der Waals surface area contributed by atoms with Crippen molar-refractivity contribution >= 4 is 15.9 Å². The van der Waals surface area contributed by atoms with Gasteiger partial charge in [-0.25, -0.2) is 8.42 Å². The van der Waals surface area contributed by atoms with Crippen molar-refractivity contribution in [2.45, 2.75) is 64.0 Å². The second-order valence-electron chi connectivity index (χ2n) is 6.86. The topological polar surface area (TPSA) is 92.5 Å². The van der Waals surface area contributed by atoms with E-state index in [2.05, 4.69) is 10.5 Å². The number of rotatable bonds is 6. The molecule has 1 aliphatic heterocycles. The monoisotopic (exact) mass is 355 g/mol. The second-order valence-corrected chi connectivity index (χ2v) is 8.90. The van der Waals surface area contributed by atoms with E-state index < -0.39 is 10.0 Å². The molecule has 2 atom stereocenters. The van der Waals surface area contributed by atoms with Gasteiger partial charge < -0.3 is 9.84 Å². The van der Waals surface area contributed by atoms with Gasteiger partial charge >= 0.3 is 0 Å². The van der Waals surface area contributed by atoms with Crippen molar-refractivity contribution in [1.82, 2.24) is 14.8 Å². The van der Waals surface area contributed by atoms with Crippen LogP contribution in [0.15, 0.2) is 10.6 Å². The van der Waals surface area contributed by atoms with Crippen LogP contribution in [0.3, 0.4) is 0 Å². The van der Waals surface area contributed by atoms with Crippen LogP contribution in [-0.2, 0) is 10.0 Å². The molecule has 0 bridgehead atoms. The maximum atomic E-state index is 12.3. The van der Waals surface area contributed by atoms with Gasteiger partial charge in [0.05, 0.1) is 5.75 Å². The first-order valence-corrected chi connectivity index (χ1v) is 10.3. The lowest BCUT2D eigenvalue weighted by atomic mass is 10.0. The lowest BCUT2D eigenvalue weighted by Crippen LogP contribution is -2.51. The summed E-state index contributed by atoms with van der Waals surface area (Å²) in [4.78, 5) is 12.3. The molecule has 7 nitrogen and oxygen atoms in total. The molecule has 8 heteroatoms. The average molecular weight is 355 g/mol. The van der Waals surface area contributed by atoms with Crippen LogP contribution in [0.2, 0.25) is 0 Å². The number of hydrogen-bond donors (Lipinski definition) is 1. The summed E-state index contributed by atoms with van der Waals surface area (Å²) in [6, 6.07) is 1.57. The maximum absolute atomic E-state index is 12.3. The van der Waals surface area contributed by atoms with Gasteiger partial charge in [0, 0.05) is 30.6 Å². The highest BCUT2D eigenvalue weighted by molar-refractivity contribution is 7.89. The van der Waals surface area contributed by atoms with E-state index in [9.17, 15) is 13.2 Å². The summed E-state index contributed by atoms with van der Waals surface area (Å²) in [7, 11) is -3.19. The first kappa shape index (κ1) is 17.4. The molecule has 1 aromatic rings. The number of nitrogens with one attached hydrogen (secondary N) is 1. The summed E-state index contributed by atoms with van der Waals surface area (Å²) in [5.74, 6) is 1.14. The highest BCUT2D eigenvalue weighted by Gasteiger charge is 2.34. The van der Waals surface area contributed by atoms with Crippen LogP contribution >= 0.6 is 0 Å². The normalized spacial score (nSPS) is 25.6. The Hall–Kier alpha value is -1.41. The van der Waals surface area contributed by atoms with E-state index in [0.29, 0.717) is 37.4 Å². The quantitative estimate of drug-likeness (QED) is 0.841. The van der Waals surface area contributed by atoms with E-state index in [0.717, 1.165) is 18.6 Å². The summed E-state index contributed by atoms with van der Waals surface area (Å²) >= 11 is 0. The predicted octanol–water partition coefficient (Wildman–Crippen LogP) is 1.87. The zero-order chi connectivity index (χ0) is 17.3. The Morgan fingerprint density at radius 1 is 1.42 bits per heavy atom. The molecule has 2 fully saturated rings. The summed E-state index contributed by atoms with van der Waals surface area (Å²) < 4.78 is 31.3. The molecule has 0 unspecified atom stereocenters. The minimum absolute atomic E-state index is 0.0401. The Bertz CT molecular complexity index is 696. The smallest absolute Gasteiger partial charge is 0.273 e. The van der Waals surface area contributed by atoms with Crippen molar-refractivity contribution in [2.24, 2.45) is 0 Å². The zero-order valence-corrected chi connectivity index (χ0v) is 15.0. The van der Waals surface area contributed by atoms with Crippen molar-refractivity contribution in [1.29, 1.82) is 0 Å². The minimum Gasteiger partial charge on any atom is -0.360 e. The van der Waals surface area contributed by atoms with E-state index in [1.165, 1.54) is 0 Å². The molecule has 1 saturated heterocycles. The van der Waals surface area contributed by atoms with Crippen molar-refractivity contribution in [3.8, 4) is 0 Å². The number of aromatic nitrogens is 1. The molecular weight excluding hydrogens is 330 g/mol. The lowest BCUT2D eigenvalue weighted by molar-refractivity contribution is 0.0905. The van der Waals surface area contributed by atoms with Crippen LogP contribution < -0.4 is 5.32 Å². The van der Waals surface area contributed by atoms with Gasteiger partial charge in [-0.2, -0.15) is 4.31 Å². The van der Waals surface area contributed by atoms with Crippen LogP contribution in [-0.4, -0.2) is 48.2 Å². The summed E-state index contributed by atoms with van der Waals surface area (Å²) in [5.41, 5.74) is 0.311. The van der Waals surface area contributed by atoms with E-state index >= 15 is 0 Å². The number of hydrogen-bond acceptors (Lipinski definition) is 5. The number of piperidine rings is 1. The van der Waals surface area contributed by atoms with Crippen LogP contribution in [0.1, 0.15) is 68.1 Å². The molecule has 0 aromatic carbocycles. The van der Waals surface area contributed by atoms with Gasteiger partial charge in [-0.05, 0) is 39.0 Å². The van der Waals surface area contributed by atoms with Gasteiger partial charge in [-0.15, -0.1) is 0 Å². The molecule has 1 N–H and O–H groups in total. The maximum Gasteiger partial charge on any atom is 0.273 e.